The summed E-state index contributed by atoms with van der Waals surface area (Å²) < 4.78 is 43.6. The summed E-state index contributed by atoms with van der Waals surface area (Å²) in [6.45, 7) is 0.151. The van der Waals surface area contributed by atoms with Crippen molar-refractivity contribution < 1.29 is 27.8 Å². The molecule has 0 aliphatic heterocycles. The average Bonchev–Trinajstić information content (AvgIpc) is 2.37. The zero-order chi connectivity index (χ0) is 16.0. The molecule has 0 aliphatic carbocycles. The SMILES string of the molecule is COCC(O)CCNC(=O)c1ccc(Br)cc1C(F)(F)F. The molecular formula is C13H15BrF3NO3. The summed E-state index contributed by atoms with van der Waals surface area (Å²) in [6, 6.07) is 3.33. The predicted octanol–water partition coefficient (Wildman–Crippen LogP) is 2.60. The van der Waals surface area contributed by atoms with Crippen LogP contribution >= 0.6 is 15.9 Å². The van der Waals surface area contributed by atoms with Crippen LogP contribution in [-0.4, -0.2) is 37.4 Å². The van der Waals surface area contributed by atoms with Crippen LogP contribution in [0.3, 0.4) is 0 Å². The molecule has 0 fully saturated rings. The van der Waals surface area contributed by atoms with E-state index in [0.29, 0.717) is 0 Å². The molecule has 0 heterocycles. The molecule has 8 heteroatoms. The van der Waals surface area contributed by atoms with E-state index in [9.17, 15) is 23.1 Å². The van der Waals surface area contributed by atoms with Gasteiger partial charge in [0.25, 0.3) is 5.91 Å². The van der Waals surface area contributed by atoms with E-state index in [1.165, 1.54) is 13.2 Å². The van der Waals surface area contributed by atoms with Crippen molar-refractivity contribution in [1.29, 1.82) is 0 Å². The van der Waals surface area contributed by atoms with Crippen molar-refractivity contribution in [3.8, 4) is 0 Å². The normalized spacial score (nSPS) is 13.0. The minimum absolute atomic E-state index is 0.0523. The van der Waals surface area contributed by atoms with Crippen molar-refractivity contribution in [1.82, 2.24) is 5.32 Å². The highest BCUT2D eigenvalue weighted by Gasteiger charge is 2.35. The lowest BCUT2D eigenvalue weighted by molar-refractivity contribution is -0.138. The maximum Gasteiger partial charge on any atom is 0.417 e. The Morgan fingerprint density at radius 3 is 2.71 bits per heavy atom. The highest BCUT2D eigenvalue weighted by atomic mass is 79.9. The first-order valence-electron chi connectivity index (χ1n) is 6.07. The molecule has 1 unspecified atom stereocenters. The van der Waals surface area contributed by atoms with Crippen LogP contribution in [0, 0.1) is 0 Å². The number of methoxy groups -OCH3 is 1. The molecule has 0 aliphatic rings. The molecule has 1 aromatic rings. The third kappa shape index (κ3) is 5.64. The van der Waals surface area contributed by atoms with Gasteiger partial charge >= 0.3 is 6.18 Å². The summed E-state index contributed by atoms with van der Waals surface area (Å²) in [4.78, 5) is 11.8. The first-order valence-corrected chi connectivity index (χ1v) is 6.87. The summed E-state index contributed by atoms with van der Waals surface area (Å²) in [5, 5.41) is 11.7. The number of aliphatic hydroxyl groups excluding tert-OH is 1. The van der Waals surface area contributed by atoms with Crippen molar-refractivity contribution in [3.05, 3.63) is 33.8 Å². The number of hydrogen-bond donors (Lipinski definition) is 2. The van der Waals surface area contributed by atoms with E-state index in [2.05, 4.69) is 21.2 Å². The molecule has 118 valence electrons. The van der Waals surface area contributed by atoms with Gasteiger partial charge in [-0.3, -0.25) is 4.79 Å². The molecule has 2 N–H and O–H groups in total. The van der Waals surface area contributed by atoms with Gasteiger partial charge in [0.05, 0.1) is 23.8 Å². The van der Waals surface area contributed by atoms with Gasteiger partial charge < -0.3 is 15.2 Å². The molecule has 4 nitrogen and oxygen atoms in total. The quantitative estimate of drug-likeness (QED) is 0.810. The topological polar surface area (TPSA) is 58.6 Å². The fourth-order valence-corrected chi connectivity index (χ4v) is 2.03. The van der Waals surface area contributed by atoms with E-state index in [-0.39, 0.29) is 24.0 Å². The van der Waals surface area contributed by atoms with Crippen molar-refractivity contribution >= 4 is 21.8 Å². The number of rotatable bonds is 6. The number of hydrogen-bond acceptors (Lipinski definition) is 3. The van der Waals surface area contributed by atoms with Crippen LogP contribution in [0.15, 0.2) is 22.7 Å². The minimum Gasteiger partial charge on any atom is -0.391 e. The Hall–Kier alpha value is -1.12. The van der Waals surface area contributed by atoms with Gasteiger partial charge in [-0.05, 0) is 24.6 Å². The van der Waals surface area contributed by atoms with Gasteiger partial charge in [-0.2, -0.15) is 13.2 Å². The van der Waals surface area contributed by atoms with Gasteiger partial charge in [0.2, 0.25) is 0 Å². The molecular weight excluding hydrogens is 355 g/mol. The Labute approximate surface area is 128 Å². The number of benzene rings is 1. The lowest BCUT2D eigenvalue weighted by Crippen LogP contribution is -2.30. The number of carbonyl (C=O) groups is 1. The Balaban J connectivity index is 2.75. The monoisotopic (exact) mass is 369 g/mol. The fraction of sp³-hybridized carbons (Fsp3) is 0.462. The Morgan fingerprint density at radius 2 is 2.14 bits per heavy atom. The number of amides is 1. The van der Waals surface area contributed by atoms with Gasteiger partial charge in [0, 0.05) is 18.1 Å². The fourth-order valence-electron chi connectivity index (χ4n) is 1.67. The summed E-state index contributed by atoms with van der Waals surface area (Å²) in [5.41, 5.74) is -1.46. The maximum absolute atomic E-state index is 12.9. The zero-order valence-corrected chi connectivity index (χ0v) is 12.8. The number of halogens is 4. The molecule has 0 bridgehead atoms. The van der Waals surface area contributed by atoms with Crippen LogP contribution in [0.5, 0.6) is 0 Å². The first-order chi connectivity index (χ1) is 9.75. The standard InChI is InChI=1S/C13H15BrF3NO3/c1-21-7-9(19)4-5-18-12(20)10-3-2-8(14)6-11(10)13(15,16)17/h2-3,6,9,19H,4-5,7H2,1H3,(H,18,20). The Bertz CT molecular complexity index is 494. The van der Waals surface area contributed by atoms with Crippen LogP contribution in [0.2, 0.25) is 0 Å². The molecule has 0 saturated carbocycles. The van der Waals surface area contributed by atoms with Crippen molar-refractivity contribution in [2.24, 2.45) is 0 Å². The van der Waals surface area contributed by atoms with E-state index in [4.69, 9.17) is 4.74 Å². The minimum atomic E-state index is -4.62. The van der Waals surface area contributed by atoms with Gasteiger partial charge in [-0.15, -0.1) is 0 Å². The van der Waals surface area contributed by atoms with E-state index in [0.717, 1.165) is 12.1 Å². The van der Waals surface area contributed by atoms with Crippen LogP contribution in [0.1, 0.15) is 22.3 Å². The molecule has 1 rings (SSSR count). The molecule has 0 aromatic heterocycles. The lowest BCUT2D eigenvalue weighted by atomic mass is 10.1. The van der Waals surface area contributed by atoms with Crippen molar-refractivity contribution in [3.63, 3.8) is 0 Å². The highest BCUT2D eigenvalue weighted by molar-refractivity contribution is 9.10. The Morgan fingerprint density at radius 1 is 1.48 bits per heavy atom. The predicted molar refractivity (Wildman–Crippen MR) is 74.0 cm³/mol. The van der Waals surface area contributed by atoms with E-state index >= 15 is 0 Å². The van der Waals surface area contributed by atoms with Gasteiger partial charge in [-0.25, -0.2) is 0 Å². The third-order valence-electron chi connectivity index (χ3n) is 2.65. The molecule has 0 spiro atoms. The molecule has 1 aromatic carbocycles. The number of carbonyl (C=O) groups excluding carboxylic acids is 1. The lowest BCUT2D eigenvalue weighted by Gasteiger charge is -2.14. The van der Waals surface area contributed by atoms with E-state index in [1.54, 1.807) is 0 Å². The Kier molecular flexibility index (Phi) is 6.63. The average molecular weight is 370 g/mol. The van der Waals surface area contributed by atoms with E-state index in [1.807, 2.05) is 0 Å². The van der Waals surface area contributed by atoms with E-state index < -0.39 is 29.3 Å². The largest absolute Gasteiger partial charge is 0.417 e. The first kappa shape index (κ1) is 17.9. The van der Waals surface area contributed by atoms with Gasteiger partial charge in [0.15, 0.2) is 0 Å². The van der Waals surface area contributed by atoms with Crippen LogP contribution in [0.4, 0.5) is 13.2 Å². The number of ether oxygens (including phenoxy) is 1. The number of aliphatic hydroxyl groups is 1. The van der Waals surface area contributed by atoms with Crippen LogP contribution in [-0.2, 0) is 10.9 Å². The number of alkyl halides is 3. The number of nitrogens with one attached hydrogen (secondary N) is 1. The summed E-state index contributed by atoms with van der Waals surface area (Å²) in [7, 11) is 1.42. The van der Waals surface area contributed by atoms with Gasteiger partial charge in [0.1, 0.15) is 0 Å². The second kappa shape index (κ2) is 7.77. The smallest absolute Gasteiger partial charge is 0.391 e. The summed E-state index contributed by atoms with van der Waals surface area (Å²) in [5.74, 6) is -0.834. The third-order valence-corrected chi connectivity index (χ3v) is 3.15. The second-order valence-corrected chi connectivity index (χ2v) is 5.26. The van der Waals surface area contributed by atoms with Crippen molar-refractivity contribution in [2.75, 3.05) is 20.3 Å². The van der Waals surface area contributed by atoms with Crippen molar-refractivity contribution in [2.45, 2.75) is 18.7 Å². The molecule has 1 atom stereocenters. The molecule has 0 radical (unpaired) electrons. The highest BCUT2D eigenvalue weighted by Crippen LogP contribution is 2.33. The summed E-state index contributed by atoms with van der Waals surface area (Å²) in [6.07, 6.45) is -5.20. The van der Waals surface area contributed by atoms with Crippen LogP contribution in [0.25, 0.3) is 0 Å². The second-order valence-electron chi connectivity index (χ2n) is 4.34. The summed E-state index contributed by atoms with van der Waals surface area (Å²) >= 11 is 2.95. The molecule has 0 saturated heterocycles. The molecule has 21 heavy (non-hydrogen) atoms. The maximum atomic E-state index is 12.9. The van der Waals surface area contributed by atoms with Gasteiger partial charge in [-0.1, -0.05) is 15.9 Å². The van der Waals surface area contributed by atoms with Crippen LogP contribution < -0.4 is 5.32 Å². The molecule has 1 amide bonds. The zero-order valence-electron chi connectivity index (χ0n) is 11.2.